The van der Waals surface area contributed by atoms with E-state index >= 15 is 0 Å². The highest BCUT2D eigenvalue weighted by Crippen LogP contribution is 2.11. The van der Waals surface area contributed by atoms with Crippen molar-refractivity contribution in [3.05, 3.63) is 29.8 Å². The van der Waals surface area contributed by atoms with Crippen LogP contribution in [0.2, 0.25) is 0 Å². The molecule has 0 radical (unpaired) electrons. The number of β-amino-alcohol motifs (C(OH)–C–C–N with tert-alkyl or cyclic N) is 1. The molecule has 4 N–H and O–H groups in total. The Kier molecular flexibility index (Phi) is 13.0. The molecule has 0 saturated carbocycles. The van der Waals surface area contributed by atoms with Crippen LogP contribution in [0, 0.1) is 0 Å². The number of anilines is 1. The summed E-state index contributed by atoms with van der Waals surface area (Å²) in [6, 6.07) is 7.71. The van der Waals surface area contributed by atoms with Gasteiger partial charge in [-0.2, -0.15) is 0 Å². The number of carbonyl (C=O) groups is 1. The molecule has 1 amide bonds. The van der Waals surface area contributed by atoms with Gasteiger partial charge in [-0.1, -0.05) is 19.1 Å². The number of guanidine groups is 1. The third kappa shape index (κ3) is 11.1. The predicted octanol–water partition coefficient (Wildman–Crippen LogP) is 2.18. The number of halogens is 1. The van der Waals surface area contributed by atoms with Crippen molar-refractivity contribution in [2.75, 3.05) is 51.3 Å². The molecule has 1 aromatic rings. The first kappa shape index (κ1) is 27.6. The van der Waals surface area contributed by atoms with Gasteiger partial charge in [-0.05, 0) is 38.0 Å². The van der Waals surface area contributed by atoms with Crippen LogP contribution >= 0.6 is 24.0 Å². The van der Waals surface area contributed by atoms with Crippen molar-refractivity contribution in [1.82, 2.24) is 15.5 Å². The van der Waals surface area contributed by atoms with Crippen LogP contribution in [0.3, 0.4) is 0 Å². The van der Waals surface area contributed by atoms with Gasteiger partial charge in [0.2, 0.25) is 5.91 Å². The number of ether oxygens (including phenoxy) is 1. The highest BCUT2D eigenvalue weighted by atomic mass is 127. The van der Waals surface area contributed by atoms with Crippen LogP contribution in [0.15, 0.2) is 29.3 Å². The average molecular weight is 547 g/mol. The molecule has 1 atom stereocenters. The lowest BCUT2D eigenvalue weighted by Crippen LogP contribution is -2.52. The highest BCUT2D eigenvalue weighted by Gasteiger charge is 2.25. The van der Waals surface area contributed by atoms with E-state index < -0.39 is 5.60 Å². The Morgan fingerprint density at radius 2 is 1.87 bits per heavy atom. The lowest BCUT2D eigenvalue weighted by atomic mass is 10.1. The smallest absolute Gasteiger partial charge is 0.224 e. The van der Waals surface area contributed by atoms with Gasteiger partial charge < -0.3 is 25.8 Å². The van der Waals surface area contributed by atoms with E-state index in [9.17, 15) is 9.90 Å². The molecule has 0 aliphatic carbocycles. The molecule has 1 unspecified atom stereocenters. The number of nitrogens with one attached hydrogen (secondary N) is 3. The fraction of sp³-hybridized carbons (Fsp3) is 0.636. The maximum absolute atomic E-state index is 11.7. The molecule has 31 heavy (non-hydrogen) atoms. The first-order valence-electron chi connectivity index (χ1n) is 10.9. The molecule has 0 aromatic heterocycles. The van der Waals surface area contributed by atoms with Crippen LogP contribution in [0.5, 0.6) is 0 Å². The van der Waals surface area contributed by atoms with Gasteiger partial charge in [0.1, 0.15) is 0 Å². The van der Waals surface area contributed by atoms with Crippen molar-refractivity contribution < 1.29 is 14.6 Å². The Labute approximate surface area is 203 Å². The number of nitrogens with zero attached hydrogens (tertiary/aromatic N) is 2. The topological polar surface area (TPSA) is 98.2 Å². The molecule has 1 aliphatic heterocycles. The van der Waals surface area contributed by atoms with Gasteiger partial charge in [0.05, 0.1) is 25.4 Å². The molecular weight excluding hydrogens is 509 g/mol. The predicted molar refractivity (Wildman–Crippen MR) is 136 cm³/mol. The minimum Gasteiger partial charge on any atom is -0.387 e. The third-order valence-electron chi connectivity index (χ3n) is 4.78. The first-order valence-corrected chi connectivity index (χ1v) is 10.9. The number of rotatable bonds is 10. The van der Waals surface area contributed by atoms with E-state index in [0.29, 0.717) is 45.2 Å². The second-order valence-corrected chi connectivity index (χ2v) is 7.93. The first-order chi connectivity index (χ1) is 14.4. The van der Waals surface area contributed by atoms with Crippen molar-refractivity contribution in [3.63, 3.8) is 0 Å². The molecule has 0 bridgehead atoms. The standard InChI is InChI=1S/C22H37N5O3.HI/c1-4-6-20(28)26-19-9-7-18(8-10-19)15-24-21(23-5-2)25-16-22(3,29)17-27-11-13-30-14-12-27;/h7-10,29H,4-6,11-17H2,1-3H3,(H,26,28)(H2,23,24,25);1H. The zero-order valence-corrected chi connectivity index (χ0v) is 21.3. The van der Waals surface area contributed by atoms with Gasteiger partial charge in [0.15, 0.2) is 5.96 Å². The molecule has 9 heteroatoms. The molecule has 1 fully saturated rings. The number of hydrogen-bond acceptors (Lipinski definition) is 5. The van der Waals surface area contributed by atoms with Crippen LogP contribution in [0.4, 0.5) is 5.69 Å². The Morgan fingerprint density at radius 1 is 1.19 bits per heavy atom. The van der Waals surface area contributed by atoms with E-state index in [-0.39, 0.29) is 29.9 Å². The van der Waals surface area contributed by atoms with Gasteiger partial charge in [0, 0.05) is 44.8 Å². The van der Waals surface area contributed by atoms with Crippen molar-refractivity contribution in [2.45, 2.75) is 45.8 Å². The van der Waals surface area contributed by atoms with Gasteiger partial charge in [0.25, 0.3) is 0 Å². The Hall–Kier alpha value is -1.43. The van der Waals surface area contributed by atoms with Gasteiger partial charge in [-0.3, -0.25) is 9.69 Å². The monoisotopic (exact) mass is 547 g/mol. The average Bonchev–Trinajstić information content (AvgIpc) is 2.72. The Morgan fingerprint density at radius 3 is 2.48 bits per heavy atom. The number of amides is 1. The zero-order chi connectivity index (χ0) is 21.8. The molecule has 8 nitrogen and oxygen atoms in total. The molecule has 176 valence electrons. The van der Waals surface area contributed by atoms with Gasteiger partial charge in [-0.15, -0.1) is 24.0 Å². The van der Waals surface area contributed by atoms with Crippen LogP contribution in [-0.4, -0.2) is 73.4 Å². The summed E-state index contributed by atoms with van der Waals surface area (Å²) >= 11 is 0. The number of benzene rings is 1. The second kappa shape index (κ2) is 14.6. The van der Waals surface area contributed by atoms with Crippen LogP contribution in [-0.2, 0) is 16.1 Å². The number of hydrogen-bond donors (Lipinski definition) is 4. The number of aliphatic imine (C=N–C) groups is 1. The normalized spacial score (nSPS) is 16.7. The van der Waals surface area contributed by atoms with Crippen molar-refractivity contribution in [3.8, 4) is 0 Å². The summed E-state index contributed by atoms with van der Waals surface area (Å²) in [5.41, 5.74) is 0.970. The fourth-order valence-corrected chi connectivity index (χ4v) is 3.23. The number of carbonyl (C=O) groups excluding carboxylic acids is 1. The summed E-state index contributed by atoms with van der Waals surface area (Å²) in [6.07, 6.45) is 1.36. The van der Waals surface area contributed by atoms with Crippen LogP contribution in [0.1, 0.15) is 39.2 Å². The zero-order valence-electron chi connectivity index (χ0n) is 18.9. The molecule has 1 heterocycles. The summed E-state index contributed by atoms with van der Waals surface area (Å²) in [5, 5.41) is 20.1. The minimum absolute atomic E-state index is 0. The summed E-state index contributed by atoms with van der Waals surface area (Å²) in [6.45, 7) is 11.2. The quantitative estimate of drug-likeness (QED) is 0.204. The second-order valence-electron chi connectivity index (χ2n) is 7.93. The largest absolute Gasteiger partial charge is 0.387 e. The van der Waals surface area contributed by atoms with Crippen LogP contribution in [0.25, 0.3) is 0 Å². The van der Waals surface area contributed by atoms with E-state index in [1.165, 1.54) is 0 Å². The SMILES string of the molecule is CCCC(=O)Nc1ccc(CN=C(NCC)NCC(C)(O)CN2CCOCC2)cc1.I. The highest BCUT2D eigenvalue weighted by molar-refractivity contribution is 14.0. The summed E-state index contributed by atoms with van der Waals surface area (Å²) in [7, 11) is 0. The maximum Gasteiger partial charge on any atom is 0.224 e. The molecule has 1 aliphatic rings. The Balaban J connectivity index is 0.00000480. The summed E-state index contributed by atoms with van der Waals surface area (Å²) in [4.78, 5) is 18.5. The number of morpholine rings is 1. The molecular formula is C22H38IN5O3. The minimum atomic E-state index is -0.869. The Bertz CT molecular complexity index is 676. The van der Waals surface area contributed by atoms with E-state index in [0.717, 1.165) is 37.3 Å². The summed E-state index contributed by atoms with van der Waals surface area (Å²) in [5.74, 6) is 0.700. The molecule has 0 spiro atoms. The van der Waals surface area contributed by atoms with Gasteiger partial charge >= 0.3 is 0 Å². The van der Waals surface area contributed by atoms with E-state index in [1.807, 2.05) is 45.0 Å². The van der Waals surface area contributed by atoms with E-state index in [1.54, 1.807) is 0 Å². The summed E-state index contributed by atoms with van der Waals surface area (Å²) < 4.78 is 5.37. The van der Waals surface area contributed by atoms with Crippen molar-refractivity contribution >= 4 is 41.5 Å². The van der Waals surface area contributed by atoms with E-state index in [4.69, 9.17) is 4.74 Å². The van der Waals surface area contributed by atoms with Gasteiger partial charge in [-0.25, -0.2) is 4.99 Å². The van der Waals surface area contributed by atoms with Crippen LogP contribution < -0.4 is 16.0 Å². The number of aliphatic hydroxyl groups is 1. The lowest BCUT2D eigenvalue weighted by Gasteiger charge is -2.34. The lowest BCUT2D eigenvalue weighted by molar-refractivity contribution is -0.116. The van der Waals surface area contributed by atoms with Crippen molar-refractivity contribution in [1.29, 1.82) is 0 Å². The molecule has 1 saturated heterocycles. The van der Waals surface area contributed by atoms with Crippen molar-refractivity contribution in [2.24, 2.45) is 4.99 Å². The molecule has 1 aromatic carbocycles. The van der Waals surface area contributed by atoms with E-state index in [2.05, 4.69) is 25.8 Å². The maximum atomic E-state index is 11.7. The third-order valence-corrected chi connectivity index (χ3v) is 4.78. The molecule has 2 rings (SSSR count). The fourth-order valence-electron chi connectivity index (χ4n) is 3.23.